The summed E-state index contributed by atoms with van der Waals surface area (Å²) in [5.74, 6) is -0.562. The van der Waals surface area contributed by atoms with Gasteiger partial charge >= 0.3 is 5.97 Å². The van der Waals surface area contributed by atoms with E-state index in [9.17, 15) is 27.8 Å². The highest BCUT2D eigenvalue weighted by Gasteiger charge is 2.33. The van der Waals surface area contributed by atoms with E-state index in [0.29, 0.717) is 37.2 Å². The molecule has 1 aliphatic heterocycles. The van der Waals surface area contributed by atoms with Crippen LogP contribution in [0.4, 0.5) is 4.39 Å². The molecule has 1 saturated carbocycles. The zero-order valence-electron chi connectivity index (χ0n) is 20.4. The lowest BCUT2D eigenvalue weighted by atomic mass is 9.78. The van der Waals surface area contributed by atoms with E-state index in [4.69, 9.17) is 0 Å². The molecule has 3 aromatic rings. The van der Waals surface area contributed by atoms with Crippen molar-refractivity contribution in [2.45, 2.75) is 57.8 Å². The van der Waals surface area contributed by atoms with Crippen molar-refractivity contribution in [2.75, 3.05) is 11.5 Å². The van der Waals surface area contributed by atoms with Crippen LogP contribution >= 0.6 is 0 Å². The Balaban J connectivity index is 1.65. The Kier molecular flexibility index (Phi) is 6.57. The van der Waals surface area contributed by atoms with E-state index in [1.165, 1.54) is 6.07 Å². The lowest BCUT2D eigenvalue weighted by molar-refractivity contribution is -0.143. The molecule has 0 radical (unpaired) electrons. The number of hydrogen-bond acceptors (Lipinski definition) is 4. The van der Waals surface area contributed by atoms with Crippen LogP contribution in [-0.4, -0.2) is 40.7 Å². The number of phenolic OH excluding ortho intramolecular Hbond substituents is 1. The Morgan fingerprint density at radius 3 is 2.36 bits per heavy atom. The maximum absolute atomic E-state index is 14.2. The van der Waals surface area contributed by atoms with Gasteiger partial charge in [0.15, 0.2) is 0 Å². The monoisotopic (exact) mass is 513 g/mol. The number of phenols is 1. The zero-order valence-corrected chi connectivity index (χ0v) is 21.2. The fourth-order valence-corrected chi connectivity index (χ4v) is 7.61. The fourth-order valence-electron chi connectivity index (χ4n) is 6.12. The van der Waals surface area contributed by atoms with E-state index in [0.717, 1.165) is 47.1 Å². The van der Waals surface area contributed by atoms with Gasteiger partial charge in [-0.05, 0) is 105 Å². The molecule has 2 heterocycles. The number of benzene rings is 2. The summed E-state index contributed by atoms with van der Waals surface area (Å²) in [6.07, 6.45) is 4.70. The number of aryl methyl sites for hydroxylation is 1. The van der Waals surface area contributed by atoms with E-state index in [2.05, 4.69) is 4.57 Å². The van der Waals surface area contributed by atoms with Crippen LogP contribution in [0.3, 0.4) is 0 Å². The van der Waals surface area contributed by atoms with Crippen molar-refractivity contribution < 1.29 is 27.8 Å². The first kappa shape index (κ1) is 24.8. The van der Waals surface area contributed by atoms with Crippen molar-refractivity contribution in [3.05, 3.63) is 59.0 Å². The van der Waals surface area contributed by atoms with Crippen LogP contribution in [0, 0.1) is 24.6 Å². The van der Waals surface area contributed by atoms with Crippen LogP contribution in [0.15, 0.2) is 36.4 Å². The number of hydrogen-bond donors (Lipinski definition) is 2. The van der Waals surface area contributed by atoms with Gasteiger partial charge in [-0.15, -0.1) is 0 Å². The number of carboxylic acid groups (broad SMARTS) is 1. The number of rotatable bonds is 5. The minimum atomic E-state index is -3.06. The molecule has 1 saturated heterocycles. The van der Waals surface area contributed by atoms with Gasteiger partial charge in [0.05, 0.1) is 22.9 Å². The molecule has 1 aliphatic carbocycles. The number of fused-ring (bicyclic) bond motifs is 1. The number of nitrogens with zero attached hydrogens (tertiary/aromatic N) is 1. The molecular weight excluding hydrogens is 481 g/mol. The molecule has 2 aliphatic rings. The number of carboxylic acids is 1. The van der Waals surface area contributed by atoms with E-state index < -0.39 is 15.8 Å². The number of sulfone groups is 1. The van der Waals surface area contributed by atoms with Crippen LogP contribution in [-0.2, 0) is 21.1 Å². The topological polar surface area (TPSA) is 96.6 Å². The zero-order chi connectivity index (χ0) is 25.6. The van der Waals surface area contributed by atoms with Gasteiger partial charge in [-0.25, -0.2) is 12.8 Å². The minimum Gasteiger partial charge on any atom is -0.508 e. The molecule has 6 nitrogen and oxygen atoms in total. The van der Waals surface area contributed by atoms with E-state index >= 15 is 0 Å². The highest BCUT2D eigenvalue weighted by Crippen LogP contribution is 2.43. The largest absolute Gasteiger partial charge is 0.508 e. The summed E-state index contributed by atoms with van der Waals surface area (Å²) >= 11 is 0. The SMILES string of the molecule is Cc1cc(-n2c(C3CCS(=O)(=O)CC3)c(CC3CCC(C(=O)O)CC3)c3cc(O)ccc32)ccc1F. The van der Waals surface area contributed by atoms with Gasteiger partial charge in [0.2, 0.25) is 0 Å². The van der Waals surface area contributed by atoms with E-state index in [1.54, 1.807) is 25.1 Å². The molecule has 0 atom stereocenters. The van der Waals surface area contributed by atoms with Gasteiger partial charge in [-0.3, -0.25) is 4.79 Å². The Morgan fingerprint density at radius 1 is 1.03 bits per heavy atom. The summed E-state index contributed by atoms with van der Waals surface area (Å²) in [4.78, 5) is 11.4. The molecule has 0 unspecified atom stereocenters. The van der Waals surface area contributed by atoms with Crippen molar-refractivity contribution in [1.82, 2.24) is 4.57 Å². The molecule has 1 aromatic heterocycles. The maximum atomic E-state index is 14.2. The molecular formula is C28H32FNO5S. The third kappa shape index (κ3) is 4.75. The lowest BCUT2D eigenvalue weighted by Gasteiger charge is -2.29. The van der Waals surface area contributed by atoms with Gasteiger partial charge in [-0.2, -0.15) is 0 Å². The summed E-state index contributed by atoms with van der Waals surface area (Å²) in [5, 5.41) is 20.7. The number of aromatic hydroxyl groups is 1. The number of halogens is 1. The van der Waals surface area contributed by atoms with Gasteiger partial charge < -0.3 is 14.8 Å². The summed E-state index contributed by atoms with van der Waals surface area (Å²) in [5.41, 5.74) is 4.37. The first-order valence-electron chi connectivity index (χ1n) is 12.7. The second-order valence-electron chi connectivity index (χ2n) is 10.5. The Morgan fingerprint density at radius 2 is 1.72 bits per heavy atom. The highest BCUT2D eigenvalue weighted by molar-refractivity contribution is 7.91. The fraction of sp³-hybridized carbons (Fsp3) is 0.464. The van der Waals surface area contributed by atoms with Crippen molar-refractivity contribution in [1.29, 1.82) is 0 Å². The number of aromatic nitrogens is 1. The summed E-state index contributed by atoms with van der Waals surface area (Å²) in [6, 6.07) is 10.3. The Labute approximate surface area is 210 Å². The quantitative estimate of drug-likeness (QED) is 0.469. The first-order valence-corrected chi connectivity index (χ1v) is 14.5. The van der Waals surface area contributed by atoms with Crippen molar-refractivity contribution >= 4 is 26.7 Å². The summed E-state index contributed by atoms with van der Waals surface area (Å²) in [6.45, 7) is 1.73. The first-order chi connectivity index (χ1) is 17.1. The van der Waals surface area contributed by atoms with Crippen LogP contribution in [0.2, 0.25) is 0 Å². The highest BCUT2D eigenvalue weighted by atomic mass is 32.2. The molecule has 2 aromatic carbocycles. The molecule has 5 rings (SSSR count). The molecule has 2 fully saturated rings. The van der Waals surface area contributed by atoms with Crippen LogP contribution in [0.5, 0.6) is 5.75 Å². The lowest BCUT2D eigenvalue weighted by Crippen LogP contribution is -2.25. The second kappa shape index (κ2) is 9.54. The van der Waals surface area contributed by atoms with Crippen molar-refractivity contribution in [2.24, 2.45) is 11.8 Å². The molecule has 0 spiro atoms. The van der Waals surface area contributed by atoms with Gasteiger partial charge in [-0.1, -0.05) is 0 Å². The van der Waals surface area contributed by atoms with Crippen LogP contribution in [0.1, 0.15) is 61.3 Å². The maximum Gasteiger partial charge on any atom is 0.306 e. The molecule has 36 heavy (non-hydrogen) atoms. The van der Waals surface area contributed by atoms with E-state index in [-0.39, 0.29) is 34.9 Å². The summed E-state index contributed by atoms with van der Waals surface area (Å²) in [7, 11) is -3.06. The van der Waals surface area contributed by atoms with Crippen LogP contribution < -0.4 is 0 Å². The second-order valence-corrected chi connectivity index (χ2v) is 12.8. The Hall–Kier alpha value is -2.87. The predicted molar refractivity (Wildman–Crippen MR) is 137 cm³/mol. The average Bonchev–Trinajstić information content (AvgIpc) is 3.14. The van der Waals surface area contributed by atoms with Gasteiger partial charge in [0.1, 0.15) is 21.4 Å². The van der Waals surface area contributed by atoms with E-state index in [1.807, 2.05) is 12.1 Å². The standard InChI is InChI=1S/C28H32FNO5S/c1-17-14-21(6-8-25(17)29)30-26-9-7-22(31)16-23(26)24(15-18-2-4-20(5-3-18)28(32)33)27(30)19-10-12-36(34,35)13-11-19/h6-9,14,16,18-20,31H,2-5,10-13,15H2,1H3,(H,32,33). The predicted octanol–water partition coefficient (Wildman–Crippen LogP) is 5.51. The third-order valence-corrected chi connectivity index (χ3v) is 9.84. The van der Waals surface area contributed by atoms with Crippen LogP contribution in [0.25, 0.3) is 16.6 Å². The third-order valence-electron chi connectivity index (χ3n) is 8.13. The summed E-state index contributed by atoms with van der Waals surface area (Å²) < 4.78 is 40.8. The molecule has 0 amide bonds. The van der Waals surface area contributed by atoms with Gasteiger partial charge in [0.25, 0.3) is 0 Å². The smallest absolute Gasteiger partial charge is 0.306 e. The van der Waals surface area contributed by atoms with Crippen molar-refractivity contribution in [3.8, 4) is 11.4 Å². The molecule has 8 heteroatoms. The normalized spacial score (nSPS) is 22.6. The Bertz CT molecular complexity index is 1410. The van der Waals surface area contributed by atoms with Crippen molar-refractivity contribution in [3.63, 3.8) is 0 Å². The number of carbonyl (C=O) groups is 1. The average molecular weight is 514 g/mol. The molecule has 192 valence electrons. The van der Waals surface area contributed by atoms with Gasteiger partial charge in [0, 0.05) is 22.7 Å². The molecule has 0 bridgehead atoms. The minimum absolute atomic E-state index is 0.0128. The molecule has 2 N–H and O–H groups in total. The number of aliphatic carboxylic acids is 1.